The molecule has 0 aliphatic heterocycles. The molecule has 0 saturated carbocycles. The number of thiazole rings is 1. The minimum Gasteiger partial charge on any atom is -0.384 e. The van der Waals surface area contributed by atoms with Crippen molar-refractivity contribution in [2.45, 2.75) is 27.3 Å². The maximum atomic E-state index is 7.76. The van der Waals surface area contributed by atoms with Crippen LogP contribution in [0.15, 0.2) is 11.4 Å². The molecule has 0 atom stereocenters. The summed E-state index contributed by atoms with van der Waals surface area (Å²) in [5.41, 5.74) is 9.30. The normalized spacial score (nSPS) is 10.6. The van der Waals surface area contributed by atoms with Crippen molar-refractivity contribution in [3.05, 3.63) is 39.0 Å². The lowest BCUT2D eigenvalue weighted by molar-refractivity contribution is 0.862. The third kappa shape index (κ3) is 2.96. The first kappa shape index (κ1) is 14.5. The van der Waals surface area contributed by atoms with E-state index in [4.69, 9.17) is 11.1 Å². The van der Waals surface area contributed by atoms with Gasteiger partial charge in [0.2, 0.25) is 0 Å². The molecule has 6 heteroatoms. The minimum atomic E-state index is 0.0475. The monoisotopic (exact) mass is 289 g/mol. The first-order chi connectivity index (χ1) is 9.38. The summed E-state index contributed by atoms with van der Waals surface area (Å²) < 4.78 is 0. The second-order valence-electron chi connectivity index (χ2n) is 4.91. The van der Waals surface area contributed by atoms with Gasteiger partial charge in [-0.2, -0.15) is 0 Å². The number of nitrogens with one attached hydrogen (secondary N) is 1. The Hall–Kier alpha value is -1.95. The van der Waals surface area contributed by atoms with Crippen molar-refractivity contribution in [3.8, 4) is 0 Å². The number of rotatable bonds is 4. The second-order valence-corrected chi connectivity index (χ2v) is 5.97. The van der Waals surface area contributed by atoms with Crippen LogP contribution in [0, 0.1) is 26.2 Å². The molecule has 0 aromatic carbocycles. The van der Waals surface area contributed by atoms with Crippen LogP contribution in [0.4, 0.5) is 5.82 Å². The molecule has 0 saturated heterocycles. The third-order valence-electron chi connectivity index (χ3n) is 3.02. The van der Waals surface area contributed by atoms with Crippen LogP contribution in [0.25, 0.3) is 0 Å². The van der Waals surface area contributed by atoms with E-state index in [0.717, 1.165) is 27.8 Å². The van der Waals surface area contributed by atoms with Gasteiger partial charge in [-0.3, -0.25) is 5.41 Å². The Labute approximate surface area is 123 Å². The molecule has 2 aromatic heterocycles. The highest BCUT2D eigenvalue weighted by Crippen LogP contribution is 2.23. The van der Waals surface area contributed by atoms with E-state index in [1.54, 1.807) is 11.3 Å². The molecule has 5 nitrogen and oxygen atoms in total. The molecule has 0 bridgehead atoms. The van der Waals surface area contributed by atoms with E-state index in [1.165, 1.54) is 0 Å². The number of nitrogen functional groups attached to an aromatic ring is 1. The highest BCUT2D eigenvalue weighted by atomic mass is 32.1. The number of anilines is 1. The molecule has 2 rings (SSSR count). The fraction of sp³-hybridized carbons (Fsp3) is 0.357. The van der Waals surface area contributed by atoms with Crippen molar-refractivity contribution in [1.29, 1.82) is 5.41 Å². The summed E-state index contributed by atoms with van der Waals surface area (Å²) >= 11 is 1.63. The van der Waals surface area contributed by atoms with E-state index in [0.29, 0.717) is 12.1 Å². The van der Waals surface area contributed by atoms with Gasteiger partial charge in [0.15, 0.2) is 0 Å². The summed E-state index contributed by atoms with van der Waals surface area (Å²) in [5.74, 6) is 0.784. The summed E-state index contributed by atoms with van der Waals surface area (Å²) in [6.07, 6.45) is 0. The third-order valence-corrected chi connectivity index (χ3v) is 3.84. The smallest absolute Gasteiger partial charge is 0.140 e. The molecule has 0 aliphatic rings. The van der Waals surface area contributed by atoms with Gasteiger partial charge in [0.25, 0.3) is 0 Å². The van der Waals surface area contributed by atoms with Gasteiger partial charge in [-0.05, 0) is 32.4 Å². The summed E-state index contributed by atoms with van der Waals surface area (Å²) in [6, 6.07) is 1.95. The summed E-state index contributed by atoms with van der Waals surface area (Å²) in [4.78, 5) is 11.0. The summed E-state index contributed by atoms with van der Waals surface area (Å²) in [7, 11) is 1.95. The topological polar surface area (TPSA) is 78.9 Å². The highest BCUT2D eigenvalue weighted by Gasteiger charge is 2.16. The molecule has 3 N–H and O–H groups in total. The van der Waals surface area contributed by atoms with Gasteiger partial charge >= 0.3 is 0 Å². The van der Waals surface area contributed by atoms with Crippen molar-refractivity contribution < 1.29 is 0 Å². The van der Waals surface area contributed by atoms with Crippen LogP contribution in [0.1, 0.15) is 27.5 Å². The number of hydrogen-bond donors (Lipinski definition) is 2. The zero-order valence-corrected chi connectivity index (χ0v) is 13.0. The lowest BCUT2D eigenvalue weighted by Gasteiger charge is -2.22. The lowest BCUT2D eigenvalue weighted by atomic mass is 10.1. The van der Waals surface area contributed by atoms with E-state index >= 15 is 0 Å². The van der Waals surface area contributed by atoms with Gasteiger partial charge in [-0.1, -0.05) is 0 Å². The highest BCUT2D eigenvalue weighted by molar-refractivity contribution is 7.09. The van der Waals surface area contributed by atoms with E-state index in [9.17, 15) is 0 Å². The molecule has 0 fully saturated rings. The number of nitrogens with zero attached hydrogens (tertiary/aromatic N) is 3. The summed E-state index contributed by atoms with van der Waals surface area (Å²) in [6.45, 7) is 6.54. The van der Waals surface area contributed by atoms with Crippen LogP contribution in [0.3, 0.4) is 0 Å². The first-order valence-corrected chi connectivity index (χ1v) is 7.21. The number of pyridine rings is 1. The van der Waals surface area contributed by atoms with Crippen LogP contribution in [0.2, 0.25) is 0 Å². The number of aryl methyl sites for hydroxylation is 3. The fourth-order valence-corrected chi connectivity index (χ4v) is 2.83. The Balaban J connectivity index is 2.38. The zero-order valence-electron chi connectivity index (χ0n) is 12.2. The largest absolute Gasteiger partial charge is 0.384 e. The fourth-order valence-electron chi connectivity index (χ4n) is 2.22. The molecule has 0 radical (unpaired) electrons. The predicted octanol–water partition coefficient (Wildman–Crippen LogP) is 2.38. The van der Waals surface area contributed by atoms with Gasteiger partial charge in [-0.25, -0.2) is 9.97 Å². The number of nitrogens with two attached hydrogens (primary N) is 1. The average Bonchev–Trinajstić information content (AvgIpc) is 2.72. The molecule has 0 aliphatic carbocycles. The zero-order chi connectivity index (χ0) is 14.9. The molecule has 20 heavy (non-hydrogen) atoms. The van der Waals surface area contributed by atoms with Crippen molar-refractivity contribution >= 4 is 23.0 Å². The molecule has 0 spiro atoms. The number of hydrogen-bond acceptors (Lipinski definition) is 5. The molecule has 2 heterocycles. The Morgan fingerprint density at radius 1 is 1.35 bits per heavy atom. The summed E-state index contributed by atoms with van der Waals surface area (Å²) in [5, 5.41) is 10.9. The SMILES string of the molecule is Cc1cc(C)c(C(=N)N)c(N(C)Cc2csc(C)n2)n1. The molecule has 2 aromatic rings. The quantitative estimate of drug-likeness (QED) is 0.669. The maximum Gasteiger partial charge on any atom is 0.140 e. The Kier molecular flexibility index (Phi) is 4.04. The van der Waals surface area contributed by atoms with Crippen molar-refractivity contribution in [2.75, 3.05) is 11.9 Å². The molecular formula is C14H19N5S. The van der Waals surface area contributed by atoms with Crippen LogP contribution < -0.4 is 10.6 Å². The number of amidine groups is 1. The molecule has 0 unspecified atom stereocenters. The van der Waals surface area contributed by atoms with E-state index in [-0.39, 0.29) is 5.84 Å². The van der Waals surface area contributed by atoms with Crippen molar-refractivity contribution in [2.24, 2.45) is 5.73 Å². The Bertz CT molecular complexity index is 647. The molecule has 0 amide bonds. The van der Waals surface area contributed by atoms with Gasteiger partial charge in [0.05, 0.1) is 22.8 Å². The Morgan fingerprint density at radius 3 is 2.60 bits per heavy atom. The Morgan fingerprint density at radius 2 is 2.05 bits per heavy atom. The second kappa shape index (κ2) is 5.58. The van der Waals surface area contributed by atoms with E-state index < -0.39 is 0 Å². The van der Waals surface area contributed by atoms with Gasteiger partial charge in [-0.15, -0.1) is 11.3 Å². The molecule has 106 valence electrons. The van der Waals surface area contributed by atoms with Crippen molar-refractivity contribution in [1.82, 2.24) is 9.97 Å². The van der Waals surface area contributed by atoms with Crippen LogP contribution in [-0.4, -0.2) is 22.9 Å². The standard InChI is InChI=1S/C14H19N5S/c1-8-5-9(2)17-14(12(8)13(15)16)19(4)6-11-7-20-10(3)18-11/h5,7H,6H2,1-4H3,(H3,15,16). The van der Waals surface area contributed by atoms with Gasteiger partial charge in [0.1, 0.15) is 11.7 Å². The van der Waals surface area contributed by atoms with Crippen LogP contribution in [-0.2, 0) is 6.54 Å². The minimum absolute atomic E-state index is 0.0475. The van der Waals surface area contributed by atoms with Gasteiger partial charge < -0.3 is 10.6 Å². The van der Waals surface area contributed by atoms with Gasteiger partial charge in [0, 0.05) is 18.1 Å². The predicted molar refractivity (Wildman–Crippen MR) is 83.7 cm³/mol. The van der Waals surface area contributed by atoms with Crippen LogP contribution >= 0.6 is 11.3 Å². The average molecular weight is 289 g/mol. The first-order valence-electron chi connectivity index (χ1n) is 6.33. The molecular weight excluding hydrogens is 270 g/mol. The van der Waals surface area contributed by atoms with Crippen molar-refractivity contribution in [3.63, 3.8) is 0 Å². The van der Waals surface area contributed by atoms with E-state index in [1.807, 2.05) is 44.2 Å². The maximum absolute atomic E-state index is 7.76. The van der Waals surface area contributed by atoms with E-state index in [2.05, 4.69) is 9.97 Å². The van der Waals surface area contributed by atoms with Crippen LogP contribution in [0.5, 0.6) is 0 Å². The lowest BCUT2D eigenvalue weighted by Crippen LogP contribution is -2.24. The number of aromatic nitrogens is 2.